The molecule has 3 rings (SSSR count). The van der Waals surface area contributed by atoms with E-state index in [1.54, 1.807) is 11.8 Å². The normalized spacial score (nSPS) is 21.8. The zero-order valence-electron chi connectivity index (χ0n) is 11.8. The molecule has 0 aliphatic carbocycles. The standard InChI is InChI=1S/C14H12Cl3N3O2S/c15-14(16,17)11(21)18-12(22)20-10(9-4-2-1-3-5-9)8-19-6-7-23-13(19)20/h1-5,10H,6-8H2. The van der Waals surface area contributed by atoms with Crippen molar-refractivity contribution in [1.29, 1.82) is 0 Å². The molecule has 0 bridgehead atoms. The number of thioether (sulfide) groups is 1. The molecule has 0 aromatic heterocycles. The summed E-state index contributed by atoms with van der Waals surface area (Å²) in [5, 5.41) is 12.5. The molecule has 1 aromatic carbocycles. The molecule has 0 N–H and O–H groups in total. The van der Waals surface area contributed by atoms with Crippen molar-refractivity contribution in [1.82, 2.24) is 4.90 Å². The van der Waals surface area contributed by atoms with E-state index in [9.17, 15) is 9.90 Å². The third-order valence-electron chi connectivity index (χ3n) is 3.60. The molecule has 1 aromatic rings. The lowest BCUT2D eigenvalue weighted by Crippen LogP contribution is -2.38. The molecule has 0 saturated carbocycles. The van der Waals surface area contributed by atoms with E-state index in [1.807, 2.05) is 30.3 Å². The van der Waals surface area contributed by atoms with E-state index in [0.29, 0.717) is 6.54 Å². The fourth-order valence-electron chi connectivity index (χ4n) is 2.60. The van der Waals surface area contributed by atoms with E-state index < -0.39 is 15.7 Å². The number of aliphatic imine (C=N–C) groups is 1. The fourth-order valence-corrected chi connectivity index (χ4v) is 3.91. The van der Waals surface area contributed by atoms with Crippen LogP contribution in [-0.2, 0) is 0 Å². The Morgan fingerprint density at radius 3 is 2.70 bits per heavy atom. The average Bonchev–Trinajstić information content (AvgIpc) is 3.07. The number of halogens is 3. The molecule has 2 aliphatic rings. The van der Waals surface area contributed by atoms with Gasteiger partial charge in [-0.2, -0.15) is 9.89 Å². The van der Waals surface area contributed by atoms with Gasteiger partial charge in [0.1, 0.15) is 6.54 Å². The zero-order valence-corrected chi connectivity index (χ0v) is 14.9. The first-order chi connectivity index (χ1) is 10.9. The Morgan fingerprint density at radius 2 is 2.04 bits per heavy atom. The number of rotatable bonds is 1. The summed E-state index contributed by atoms with van der Waals surface area (Å²) in [6.45, 7) is 1.51. The average molecular weight is 393 g/mol. The molecule has 0 saturated heterocycles. The molecular formula is C14H12Cl3N3O2S. The van der Waals surface area contributed by atoms with Gasteiger partial charge in [0.05, 0.1) is 6.54 Å². The number of alkyl halides is 3. The largest absolute Gasteiger partial charge is 0.859 e. The van der Waals surface area contributed by atoms with Gasteiger partial charge in [-0.1, -0.05) is 65.1 Å². The lowest BCUT2D eigenvalue weighted by molar-refractivity contribution is -0.511. The number of amides is 2. The third kappa shape index (κ3) is 3.45. The SMILES string of the molecule is O=C(/N=C(\[O-])C(Cl)(Cl)Cl)N1C2=[N+](CCS2)CC1c1ccccc1. The summed E-state index contributed by atoms with van der Waals surface area (Å²) in [4.78, 5) is 17.5. The number of nitrogens with zero attached hydrogens (tertiary/aromatic N) is 3. The van der Waals surface area contributed by atoms with Crippen molar-refractivity contribution >= 4 is 63.7 Å². The van der Waals surface area contributed by atoms with Crippen LogP contribution in [0.2, 0.25) is 0 Å². The van der Waals surface area contributed by atoms with Crippen molar-refractivity contribution in [2.45, 2.75) is 9.83 Å². The Balaban J connectivity index is 1.93. The summed E-state index contributed by atoms with van der Waals surface area (Å²) in [5.74, 6) is -0.194. The van der Waals surface area contributed by atoms with Gasteiger partial charge in [0, 0.05) is 17.2 Å². The van der Waals surface area contributed by atoms with E-state index in [1.165, 1.54) is 4.90 Å². The van der Waals surface area contributed by atoms with Gasteiger partial charge in [0.2, 0.25) is 3.79 Å². The van der Waals surface area contributed by atoms with Crippen LogP contribution in [0.3, 0.4) is 0 Å². The van der Waals surface area contributed by atoms with Gasteiger partial charge in [0.15, 0.2) is 6.04 Å². The minimum atomic E-state index is -2.23. The molecule has 2 heterocycles. The Morgan fingerprint density at radius 1 is 1.35 bits per heavy atom. The molecule has 122 valence electrons. The lowest BCUT2D eigenvalue weighted by Gasteiger charge is -2.20. The van der Waals surface area contributed by atoms with Gasteiger partial charge in [-0.15, -0.1) is 0 Å². The van der Waals surface area contributed by atoms with E-state index in [0.717, 1.165) is 23.0 Å². The Hall–Kier alpha value is -0.950. The Bertz CT molecular complexity index is 688. The molecule has 0 radical (unpaired) electrons. The van der Waals surface area contributed by atoms with E-state index in [4.69, 9.17) is 34.8 Å². The van der Waals surface area contributed by atoms with Crippen LogP contribution in [0.5, 0.6) is 0 Å². The van der Waals surface area contributed by atoms with Gasteiger partial charge in [-0.3, -0.25) is 4.58 Å². The molecule has 23 heavy (non-hydrogen) atoms. The summed E-state index contributed by atoms with van der Waals surface area (Å²) in [5.41, 5.74) is 0.972. The van der Waals surface area contributed by atoms with Crippen LogP contribution in [0.4, 0.5) is 4.79 Å². The highest BCUT2D eigenvalue weighted by Gasteiger charge is 2.48. The first-order valence-corrected chi connectivity index (χ1v) is 8.95. The van der Waals surface area contributed by atoms with Gasteiger partial charge >= 0.3 is 11.2 Å². The fraction of sp³-hybridized carbons (Fsp3) is 0.357. The maximum Gasteiger partial charge on any atom is 0.435 e. The van der Waals surface area contributed by atoms with Crippen molar-refractivity contribution < 1.29 is 14.5 Å². The van der Waals surface area contributed by atoms with E-state index in [-0.39, 0.29) is 6.04 Å². The molecule has 9 heteroatoms. The van der Waals surface area contributed by atoms with Crippen LogP contribution in [0.25, 0.3) is 0 Å². The van der Waals surface area contributed by atoms with E-state index >= 15 is 0 Å². The van der Waals surface area contributed by atoms with Crippen LogP contribution in [0, 0.1) is 0 Å². The van der Waals surface area contributed by atoms with E-state index in [2.05, 4.69) is 9.57 Å². The Kier molecular flexibility index (Phi) is 4.78. The second-order valence-electron chi connectivity index (χ2n) is 5.07. The van der Waals surface area contributed by atoms with Crippen molar-refractivity contribution in [3.8, 4) is 0 Å². The van der Waals surface area contributed by atoms with Crippen molar-refractivity contribution in [3.05, 3.63) is 35.9 Å². The molecule has 0 spiro atoms. The topological polar surface area (TPSA) is 58.7 Å². The van der Waals surface area contributed by atoms with Gasteiger partial charge in [-0.25, -0.2) is 4.79 Å². The highest BCUT2D eigenvalue weighted by molar-refractivity contribution is 8.13. The summed E-state index contributed by atoms with van der Waals surface area (Å²) < 4.78 is -0.125. The molecular weight excluding hydrogens is 381 g/mol. The first kappa shape index (κ1) is 16.9. The summed E-state index contributed by atoms with van der Waals surface area (Å²) in [6, 6.07) is 8.68. The van der Waals surface area contributed by atoms with Crippen molar-refractivity contribution in [2.75, 3.05) is 18.8 Å². The summed E-state index contributed by atoms with van der Waals surface area (Å²) in [7, 11) is 0. The highest BCUT2D eigenvalue weighted by Crippen LogP contribution is 2.34. The molecule has 5 nitrogen and oxygen atoms in total. The smallest absolute Gasteiger partial charge is 0.435 e. The molecule has 2 amide bonds. The van der Waals surface area contributed by atoms with Gasteiger partial charge in [-0.05, 0) is 11.8 Å². The number of benzene rings is 1. The van der Waals surface area contributed by atoms with Crippen LogP contribution in [0.1, 0.15) is 11.6 Å². The zero-order chi connectivity index (χ0) is 16.6. The predicted molar refractivity (Wildman–Crippen MR) is 91.6 cm³/mol. The number of carbonyl (C=O) groups excluding carboxylic acids is 1. The lowest BCUT2D eigenvalue weighted by atomic mass is 10.1. The van der Waals surface area contributed by atoms with Crippen molar-refractivity contribution in [2.24, 2.45) is 4.99 Å². The van der Waals surface area contributed by atoms with Crippen LogP contribution in [-0.4, -0.2) is 49.2 Å². The number of hydrogen-bond acceptors (Lipinski definition) is 3. The third-order valence-corrected chi connectivity index (χ3v) is 5.19. The maximum absolute atomic E-state index is 12.5. The van der Waals surface area contributed by atoms with Crippen LogP contribution in [0.15, 0.2) is 35.3 Å². The quantitative estimate of drug-likeness (QED) is 0.319. The molecule has 1 atom stereocenters. The minimum absolute atomic E-state index is 0.210. The van der Waals surface area contributed by atoms with Crippen LogP contribution < -0.4 is 5.11 Å². The number of hydrogen-bond donors (Lipinski definition) is 0. The van der Waals surface area contributed by atoms with Gasteiger partial charge in [0.25, 0.3) is 0 Å². The second-order valence-corrected chi connectivity index (χ2v) is 8.41. The minimum Gasteiger partial charge on any atom is -0.859 e. The molecule has 1 unspecified atom stereocenters. The number of amidine groups is 1. The Labute approximate surface area is 152 Å². The maximum atomic E-state index is 12.5. The van der Waals surface area contributed by atoms with Gasteiger partial charge < -0.3 is 5.11 Å². The number of urea groups is 1. The predicted octanol–water partition coefficient (Wildman–Crippen LogP) is 2.41. The number of carbonyl (C=O) groups is 1. The monoisotopic (exact) mass is 391 g/mol. The van der Waals surface area contributed by atoms with Crippen LogP contribution >= 0.6 is 46.6 Å². The second kappa shape index (κ2) is 6.51. The summed E-state index contributed by atoms with van der Waals surface area (Å²) in [6.07, 6.45) is 0. The highest BCUT2D eigenvalue weighted by atomic mass is 35.6. The summed E-state index contributed by atoms with van der Waals surface area (Å²) >= 11 is 18.0. The van der Waals surface area contributed by atoms with Crippen molar-refractivity contribution in [3.63, 3.8) is 0 Å². The molecule has 0 fully saturated rings. The first-order valence-electron chi connectivity index (χ1n) is 6.83. The molecule has 2 aliphatic heterocycles.